The van der Waals surface area contributed by atoms with E-state index in [9.17, 15) is 0 Å². The van der Waals surface area contributed by atoms with Gasteiger partial charge in [0.15, 0.2) is 0 Å². The van der Waals surface area contributed by atoms with Crippen LogP contribution in [0.25, 0.3) is 0 Å². The van der Waals surface area contributed by atoms with Crippen LogP contribution in [-0.4, -0.2) is 18.0 Å². The number of rotatable bonds is 0. The summed E-state index contributed by atoms with van der Waals surface area (Å²) in [7, 11) is 3.77. The maximum atomic E-state index is 3.77. The molecule has 1 rings (SSSR count). The Morgan fingerprint density at radius 1 is 1.14 bits per heavy atom. The molecule has 0 aromatic rings. The molecule has 0 unspecified atom stereocenters. The first kappa shape index (κ1) is 7.54. The minimum Gasteiger partial charge on any atom is -0.459 e. The van der Waals surface area contributed by atoms with Crippen molar-refractivity contribution in [3.63, 3.8) is 0 Å². The third kappa shape index (κ3) is 2.37. The summed E-state index contributed by atoms with van der Waals surface area (Å²) in [5.41, 5.74) is 0. The molecule has 1 radical (unpaired) electrons. The first-order chi connectivity index (χ1) is 2.89. The molecular weight excluding hydrogens is 125 g/mol. The molecule has 0 N–H and O–H groups in total. The van der Waals surface area contributed by atoms with Crippen LogP contribution in [0.2, 0.25) is 0 Å². The topological polar surface area (TPSA) is 3.24 Å². The normalized spacial score (nSPS) is 21.9. The van der Waals surface area contributed by atoms with Crippen LogP contribution in [0.4, 0.5) is 0 Å². The first-order valence-corrected chi connectivity index (χ1v) is 2.45. The van der Waals surface area contributed by atoms with E-state index in [1.165, 1.54) is 25.9 Å². The molecule has 1 aliphatic heterocycles. The number of likely N-dealkylation sites (tertiary alicyclic amines) is 1. The summed E-state index contributed by atoms with van der Waals surface area (Å²) in [6, 6.07) is 0. The van der Waals surface area contributed by atoms with Crippen LogP contribution >= 0.6 is 0 Å². The Morgan fingerprint density at radius 3 is 1.71 bits per heavy atom. The maximum Gasteiger partial charge on any atom is 0 e. The van der Waals surface area contributed by atoms with Crippen LogP contribution in [0.3, 0.4) is 0 Å². The predicted molar refractivity (Wildman–Crippen MR) is 26.2 cm³/mol. The van der Waals surface area contributed by atoms with Crippen molar-refractivity contribution in [2.75, 3.05) is 13.1 Å². The van der Waals surface area contributed by atoms with Crippen molar-refractivity contribution >= 4 is 0 Å². The third-order valence-electron chi connectivity index (χ3n) is 1.20. The van der Waals surface area contributed by atoms with Gasteiger partial charge in [-0.1, -0.05) is 0 Å². The molecule has 7 heavy (non-hydrogen) atoms. The Hall–Kier alpha value is 0.544. The zero-order valence-electron chi connectivity index (χ0n) is 4.43. The van der Waals surface area contributed by atoms with Crippen molar-refractivity contribution in [2.45, 2.75) is 12.8 Å². The fourth-order valence-electron chi connectivity index (χ4n) is 0.783. The monoisotopic (exact) mass is 135 g/mol. The van der Waals surface area contributed by atoms with Gasteiger partial charge in [-0.25, -0.2) is 0 Å². The van der Waals surface area contributed by atoms with Crippen LogP contribution < -0.4 is 0 Å². The van der Waals surface area contributed by atoms with E-state index < -0.39 is 0 Å². The van der Waals surface area contributed by atoms with E-state index in [2.05, 4.69) is 11.9 Å². The predicted octanol–water partition coefficient (Wildman–Crippen LogP) is 0.871. The third-order valence-corrected chi connectivity index (χ3v) is 1.20. The van der Waals surface area contributed by atoms with Gasteiger partial charge in [0.05, 0.1) is 0 Å². The molecule has 0 aromatic heterocycles. The second-order valence-electron chi connectivity index (χ2n) is 1.83. The standard InChI is InChI=1S/C5H10N.V/c1-6-4-2-3-5-6;/h1-5H2;/q-1;. The largest absolute Gasteiger partial charge is 0.459 e. The van der Waals surface area contributed by atoms with Crippen molar-refractivity contribution in [3.8, 4) is 0 Å². The number of hydrogen-bond acceptors (Lipinski definition) is 1. The van der Waals surface area contributed by atoms with Crippen molar-refractivity contribution in [3.05, 3.63) is 7.05 Å². The molecule has 0 aromatic carbocycles. The van der Waals surface area contributed by atoms with E-state index in [0.29, 0.717) is 0 Å². The molecule has 0 bridgehead atoms. The van der Waals surface area contributed by atoms with Gasteiger partial charge in [-0.05, 0) is 25.9 Å². The van der Waals surface area contributed by atoms with Gasteiger partial charge in [0, 0.05) is 18.6 Å². The van der Waals surface area contributed by atoms with E-state index >= 15 is 0 Å². The second kappa shape index (κ2) is 3.53. The van der Waals surface area contributed by atoms with Crippen LogP contribution in [0.1, 0.15) is 12.8 Å². The Kier molecular flexibility index (Phi) is 3.81. The summed E-state index contributed by atoms with van der Waals surface area (Å²) in [6.45, 7) is 2.42. The molecule has 0 spiro atoms. The van der Waals surface area contributed by atoms with Crippen LogP contribution in [-0.2, 0) is 18.6 Å². The molecule has 2 heteroatoms. The smallest absolute Gasteiger partial charge is 0 e. The van der Waals surface area contributed by atoms with Crippen LogP contribution in [0.5, 0.6) is 0 Å². The fourth-order valence-corrected chi connectivity index (χ4v) is 0.783. The van der Waals surface area contributed by atoms with Crippen molar-refractivity contribution in [1.82, 2.24) is 4.90 Å². The molecule has 1 nitrogen and oxygen atoms in total. The molecule has 41 valence electrons. The maximum absolute atomic E-state index is 3.77. The summed E-state index contributed by atoms with van der Waals surface area (Å²) in [6.07, 6.45) is 2.70. The average molecular weight is 135 g/mol. The van der Waals surface area contributed by atoms with Gasteiger partial charge in [-0.3, -0.25) is 7.05 Å². The molecule has 0 saturated carbocycles. The summed E-state index contributed by atoms with van der Waals surface area (Å²) in [5, 5.41) is 0. The van der Waals surface area contributed by atoms with Crippen LogP contribution in [0.15, 0.2) is 0 Å². The van der Waals surface area contributed by atoms with E-state index in [1.807, 2.05) is 0 Å². The Bertz CT molecular complexity index is 41.3. The van der Waals surface area contributed by atoms with E-state index in [-0.39, 0.29) is 18.6 Å². The number of nitrogens with zero attached hydrogens (tertiary/aromatic N) is 1. The van der Waals surface area contributed by atoms with Gasteiger partial charge in [0.1, 0.15) is 0 Å². The van der Waals surface area contributed by atoms with E-state index in [4.69, 9.17) is 0 Å². The zero-order chi connectivity index (χ0) is 4.41. The van der Waals surface area contributed by atoms with Crippen LogP contribution in [0, 0.1) is 7.05 Å². The Morgan fingerprint density at radius 2 is 1.57 bits per heavy atom. The van der Waals surface area contributed by atoms with Crippen molar-refractivity contribution < 1.29 is 18.6 Å². The van der Waals surface area contributed by atoms with Gasteiger partial charge in [-0.15, -0.1) is 0 Å². The van der Waals surface area contributed by atoms with Gasteiger partial charge in [0.2, 0.25) is 0 Å². The second-order valence-corrected chi connectivity index (χ2v) is 1.83. The summed E-state index contributed by atoms with van der Waals surface area (Å²) < 4.78 is 0. The Labute approximate surface area is 57.0 Å². The van der Waals surface area contributed by atoms with Crippen molar-refractivity contribution in [2.24, 2.45) is 0 Å². The minimum atomic E-state index is 0. The fraction of sp³-hybridized carbons (Fsp3) is 0.800. The first-order valence-electron chi connectivity index (χ1n) is 2.45. The zero-order valence-corrected chi connectivity index (χ0v) is 5.83. The van der Waals surface area contributed by atoms with Gasteiger partial charge in [0.25, 0.3) is 0 Å². The molecule has 0 atom stereocenters. The molecule has 0 aliphatic carbocycles. The summed E-state index contributed by atoms with van der Waals surface area (Å²) >= 11 is 0. The van der Waals surface area contributed by atoms with Gasteiger partial charge < -0.3 is 4.90 Å². The van der Waals surface area contributed by atoms with Gasteiger partial charge in [-0.2, -0.15) is 0 Å². The minimum absolute atomic E-state index is 0. The quantitative estimate of drug-likeness (QED) is 0.445. The molecule has 1 fully saturated rings. The van der Waals surface area contributed by atoms with E-state index in [1.54, 1.807) is 0 Å². The average Bonchev–Trinajstić information content (AvgIpc) is 1.86. The molecule has 1 saturated heterocycles. The Balaban J connectivity index is 0.000000360. The SMILES string of the molecule is [CH2-]N1CCCC1.[V]. The van der Waals surface area contributed by atoms with Crippen molar-refractivity contribution in [1.29, 1.82) is 0 Å². The molecule has 1 aliphatic rings. The summed E-state index contributed by atoms with van der Waals surface area (Å²) in [4.78, 5) is 2.11. The van der Waals surface area contributed by atoms with Gasteiger partial charge >= 0.3 is 0 Å². The van der Waals surface area contributed by atoms with E-state index in [0.717, 1.165) is 0 Å². The molecular formula is C5H10NV-. The molecule has 1 heterocycles. The number of hydrogen-bond donors (Lipinski definition) is 0. The summed E-state index contributed by atoms with van der Waals surface area (Å²) in [5.74, 6) is 0. The molecule has 0 amide bonds.